The molecule has 0 aliphatic carbocycles. The number of fused-ring (bicyclic) bond motifs is 1. The summed E-state index contributed by atoms with van der Waals surface area (Å²) >= 11 is 3.58. The van der Waals surface area contributed by atoms with Gasteiger partial charge in [0.1, 0.15) is 0 Å². The summed E-state index contributed by atoms with van der Waals surface area (Å²) in [5.74, 6) is 0.0613. The van der Waals surface area contributed by atoms with E-state index in [0.29, 0.717) is 6.54 Å². The Morgan fingerprint density at radius 1 is 1.22 bits per heavy atom. The molecule has 0 radical (unpaired) electrons. The molecule has 3 nitrogen and oxygen atoms in total. The quantitative estimate of drug-likeness (QED) is 0.911. The van der Waals surface area contributed by atoms with Crippen LogP contribution in [0, 0.1) is 0 Å². The molecule has 1 N–H and O–H groups in total. The van der Waals surface area contributed by atoms with Crippen molar-refractivity contribution in [1.82, 2.24) is 10.2 Å². The number of likely N-dealkylation sites (tertiary alicyclic amines) is 1. The van der Waals surface area contributed by atoms with Crippen LogP contribution in [0.4, 0.5) is 0 Å². The summed E-state index contributed by atoms with van der Waals surface area (Å²) in [5.41, 5.74) is 3.18. The van der Waals surface area contributed by atoms with Crippen LogP contribution < -0.4 is 5.32 Å². The van der Waals surface area contributed by atoms with Gasteiger partial charge in [0.15, 0.2) is 0 Å². The number of benzene rings is 1. The monoisotopic (exact) mass is 308 g/mol. The minimum atomic E-state index is 0.0613. The number of halogens is 1. The largest absolute Gasteiger partial charge is 0.348 e. The Hall–Kier alpha value is -0.870. The Kier molecular flexibility index (Phi) is 3.39. The van der Waals surface area contributed by atoms with Crippen molar-refractivity contribution in [2.75, 3.05) is 13.1 Å². The SMILES string of the molecule is O=C1NCc2c(Br)cc(CN3CCCCC3)cc21. The molecule has 2 aliphatic rings. The highest BCUT2D eigenvalue weighted by Crippen LogP contribution is 2.27. The molecule has 1 saturated heterocycles. The fraction of sp³-hybridized carbons (Fsp3) is 0.500. The van der Waals surface area contributed by atoms with Crippen molar-refractivity contribution in [3.05, 3.63) is 33.3 Å². The first-order valence-corrected chi connectivity index (χ1v) is 7.35. The van der Waals surface area contributed by atoms with E-state index in [2.05, 4.69) is 38.3 Å². The van der Waals surface area contributed by atoms with E-state index < -0.39 is 0 Å². The average molecular weight is 309 g/mol. The van der Waals surface area contributed by atoms with Gasteiger partial charge in [0.2, 0.25) is 0 Å². The Bertz CT molecular complexity index is 481. The number of rotatable bonds is 2. The highest BCUT2D eigenvalue weighted by molar-refractivity contribution is 9.10. The Morgan fingerprint density at radius 3 is 2.78 bits per heavy atom. The lowest BCUT2D eigenvalue weighted by atomic mass is 10.0. The number of nitrogens with one attached hydrogen (secondary N) is 1. The molecule has 1 aromatic carbocycles. The number of amides is 1. The fourth-order valence-electron chi connectivity index (χ4n) is 2.81. The maximum absolute atomic E-state index is 11.7. The number of hydrogen-bond donors (Lipinski definition) is 1. The van der Waals surface area contributed by atoms with Crippen LogP contribution in [0.3, 0.4) is 0 Å². The summed E-state index contributed by atoms with van der Waals surface area (Å²) in [4.78, 5) is 14.2. The number of carbonyl (C=O) groups excluding carboxylic acids is 1. The summed E-state index contributed by atoms with van der Waals surface area (Å²) in [6.45, 7) is 3.97. The Balaban J connectivity index is 1.82. The molecule has 1 fully saturated rings. The van der Waals surface area contributed by atoms with Gasteiger partial charge in [-0.2, -0.15) is 0 Å². The van der Waals surface area contributed by atoms with Crippen molar-refractivity contribution in [3.63, 3.8) is 0 Å². The first-order valence-electron chi connectivity index (χ1n) is 6.56. The maximum atomic E-state index is 11.7. The molecule has 1 aromatic rings. The van der Waals surface area contributed by atoms with Crippen molar-refractivity contribution in [2.24, 2.45) is 0 Å². The first kappa shape index (κ1) is 12.2. The van der Waals surface area contributed by atoms with Crippen molar-refractivity contribution < 1.29 is 4.79 Å². The second-order valence-electron chi connectivity index (χ2n) is 5.12. The van der Waals surface area contributed by atoms with Gasteiger partial charge in [-0.3, -0.25) is 9.69 Å². The summed E-state index contributed by atoms with van der Waals surface area (Å²) in [6.07, 6.45) is 3.95. The van der Waals surface area contributed by atoms with Gasteiger partial charge in [-0.05, 0) is 49.2 Å². The van der Waals surface area contributed by atoms with E-state index >= 15 is 0 Å². The van der Waals surface area contributed by atoms with Crippen LogP contribution in [-0.2, 0) is 13.1 Å². The van der Waals surface area contributed by atoms with Crippen molar-refractivity contribution in [1.29, 1.82) is 0 Å². The molecule has 18 heavy (non-hydrogen) atoms. The smallest absolute Gasteiger partial charge is 0.251 e. The summed E-state index contributed by atoms with van der Waals surface area (Å²) in [5, 5.41) is 2.87. The van der Waals surface area contributed by atoms with Crippen LogP contribution in [0.15, 0.2) is 16.6 Å². The first-order chi connectivity index (χ1) is 8.74. The fourth-order valence-corrected chi connectivity index (χ4v) is 3.45. The summed E-state index contributed by atoms with van der Waals surface area (Å²) in [7, 11) is 0. The van der Waals surface area contributed by atoms with E-state index in [9.17, 15) is 4.79 Å². The lowest BCUT2D eigenvalue weighted by Crippen LogP contribution is -2.29. The van der Waals surface area contributed by atoms with Gasteiger partial charge >= 0.3 is 0 Å². The molecule has 0 spiro atoms. The second-order valence-corrected chi connectivity index (χ2v) is 5.98. The van der Waals surface area contributed by atoms with Crippen LogP contribution in [0.2, 0.25) is 0 Å². The van der Waals surface area contributed by atoms with Crippen molar-refractivity contribution in [3.8, 4) is 0 Å². The van der Waals surface area contributed by atoms with Gasteiger partial charge in [-0.1, -0.05) is 22.4 Å². The van der Waals surface area contributed by atoms with E-state index in [1.807, 2.05) is 0 Å². The third-order valence-electron chi connectivity index (χ3n) is 3.78. The molecule has 4 heteroatoms. The Morgan fingerprint density at radius 2 is 2.00 bits per heavy atom. The minimum Gasteiger partial charge on any atom is -0.348 e. The molecule has 0 bridgehead atoms. The topological polar surface area (TPSA) is 32.3 Å². The highest BCUT2D eigenvalue weighted by Gasteiger charge is 2.22. The molecule has 0 unspecified atom stereocenters. The van der Waals surface area contributed by atoms with Gasteiger partial charge in [0, 0.05) is 23.1 Å². The maximum Gasteiger partial charge on any atom is 0.251 e. The minimum absolute atomic E-state index is 0.0613. The van der Waals surface area contributed by atoms with Gasteiger partial charge in [0.05, 0.1) is 0 Å². The van der Waals surface area contributed by atoms with E-state index in [4.69, 9.17) is 0 Å². The van der Waals surface area contributed by atoms with Crippen molar-refractivity contribution >= 4 is 21.8 Å². The Labute approximate surface area is 116 Å². The standard InChI is InChI=1S/C14H17BrN2O/c15-13-7-10(9-17-4-2-1-3-5-17)6-11-12(13)8-16-14(11)18/h6-7H,1-5,8-9H2,(H,16,18). The van der Waals surface area contributed by atoms with E-state index in [0.717, 1.165) is 22.1 Å². The van der Waals surface area contributed by atoms with Gasteiger partial charge < -0.3 is 5.32 Å². The lowest BCUT2D eigenvalue weighted by Gasteiger charge is -2.26. The average Bonchev–Trinajstić information content (AvgIpc) is 2.73. The summed E-state index contributed by atoms with van der Waals surface area (Å²) < 4.78 is 1.06. The van der Waals surface area contributed by atoms with Crippen LogP contribution >= 0.6 is 15.9 Å². The number of carbonyl (C=O) groups is 1. The normalized spacial score (nSPS) is 19.7. The second kappa shape index (κ2) is 5.02. The predicted octanol–water partition coefficient (Wildman–Crippen LogP) is 2.68. The van der Waals surface area contributed by atoms with Crippen LogP contribution in [0.5, 0.6) is 0 Å². The molecular weight excluding hydrogens is 292 g/mol. The number of nitrogens with zero attached hydrogens (tertiary/aromatic N) is 1. The number of hydrogen-bond acceptors (Lipinski definition) is 2. The molecule has 2 heterocycles. The van der Waals surface area contributed by atoms with Gasteiger partial charge in [-0.25, -0.2) is 0 Å². The molecule has 0 saturated carbocycles. The van der Waals surface area contributed by atoms with Gasteiger partial charge in [0.25, 0.3) is 5.91 Å². The molecule has 2 aliphatic heterocycles. The zero-order valence-corrected chi connectivity index (χ0v) is 11.9. The molecule has 0 aromatic heterocycles. The molecular formula is C14H17BrN2O. The molecule has 96 valence electrons. The molecule has 3 rings (SSSR count). The van der Waals surface area contributed by atoms with Crippen LogP contribution in [0.1, 0.15) is 40.7 Å². The zero-order chi connectivity index (χ0) is 12.5. The highest BCUT2D eigenvalue weighted by atomic mass is 79.9. The van der Waals surface area contributed by atoms with E-state index in [1.165, 1.54) is 37.9 Å². The zero-order valence-electron chi connectivity index (χ0n) is 10.3. The van der Waals surface area contributed by atoms with E-state index in [1.54, 1.807) is 0 Å². The van der Waals surface area contributed by atoms with Crippen LogP contribution in [0.25, 0.3) is 0 Å². The molecule has 0 atom stereocenters. The predicted molar refractivity (Wildman–Crippen MR) is 74.4 cm³/mol. The molecule has 1 amide bonds. The van der Waals surface area contributed by atoms with Crippen LogP contribution in [-0.4, -0.2) is 23.9 Å². The third kappa shape index (κ3) is 2.31. The number of piperidine rings is 1. The van der Waals surface area contributed by atoms with Gasteiger partial charge in [-0.15, -0.1) is 0 Å². The third-order valence-corrected chi connectivity index (χ3v) is 4.49. The van der Waals surface area contributed by atoms with E-state index in [-0.39, 0.29) is 5.91 Å². The summed E-state index contributed by atoms with van der Waals surface area (Å²) in [6, 6.07) is 4.21. The lowest BCUT2D eigenvalue weighted by molar-refractivity contribution is 0.0965. The van der Waals surface area contributed by atoms with Crippen molar-refractivity contribution in [2.45, 2.75) is 32.4 Å².